The number of hydrogen-bond donors (Lipinski definition) is 0. The molecule has 0 unspecified atom stereocenters. The van der Waals surface area contributed by atoms with Crippen molar-refractivity contribution in [2.45, 2.75) is 45.4 Å². The molecule has 106 valence electrons. The Balaban J connectivity index is 2.27. The van der Waals surface area contributed by atoms with Crippen molar-refractivity contribution >= 4 is 11.6 Å². The zero-order valence-corrected chi connectivity index (χ0v) is 12.3. The molecule has 2 rings (SSSR count). The molecule has 1 fully saturated rings. The van der Waals surface area contributed by atoms with Crippen LogP contribution in [0.3, 0.4) is 0 Å². The van der Waals surface area contributed by atoms with Gasteiger partial charge in [-0.2, -0.15) is 0 Å². The third kappa shape index (κ3) is 2.60. The van der Waals surface area contributed by atoms with Gasteiger partial charge < -0.3 is 4.79 Å². The Morgan fingerprint density at radius 2 is 1.95 bits per heavy atom. The molecule has 0 amide bonds. The molecule has 2 heteroatoms. The van der Waals surface area contributed by atoms with Crippen molar-refractivity contribution < 1.29 is 9.59 Å². The Kier molecular flexibility index (Phi) is 4.22. The fourth-order valence-corrected chi connectivity index (χ4v) is 3.23. The topological polar surface area (TPSA) is 34.1 Å². The molecular weight excluding hydrogens is 248 g/mol. The van der Waals surface area contributed by atoms with E-state index < -0.39 is 5.41 Å². The standard InChI is InChI=1S/C18H22O2/c1-13(9-10-14(2)19)18(3)16(11-12-17(18)20)15-7-5-4-6-8-15/h4-8,16H,1,9-12H2,2-3H3/t16-,18-/m1/s1. The monoisotopic (exact) mass is 270 g/mol. The number of benzene rings is 1. The van der Waals surface area contributed by atoms with Crippen LogP contribution in [0.25, 0.3) is 0 Å². The highest BCUT2D eigenvalue weighted by Crippen LogP contribution is 2.51. The number of rotatable bonds is 5. The fourth-order valence-electron chi connectivity index (χ4n) is 3.23. The third-order valence-corrected chi connectivity index (χ3v) is 4.65. The van der Waals surface area contributed by atoms with Crippen LogP contribution in [-0.2, 0) is 9.59 Å². The van der Waals surface area contributed by atoms with Gasteiger partial charge in [0.25, 0.3) is 0 Å². The largest absolute Gasteiger partial charge is 0.300 e. The van der Waals surface area contributed by atoms with Crippen LogP contribution in [0, 0.1) is 5.41 Å². The van der Waals surface area contributed by atoms with Gasteiger partial charge in [0.2, 0.25) is 0 Å². The first-order valence-electron chi connectivity index (χ1n) is 7.22. The van der Waals surface area contributed by atoms with E-state index >= 15 is 0 Å². The SMILES string of the molecule is C=C(CCC(C)=O)[C@@]1(C)C(=O)CC[C@@H]1c1ccccc1. The van der Waals surface area contributed by atoms with Crippen LogP contribution in [0.4, 0.5) is 0 Å². The molecule has 0 saturated heterocycles. The van der Waals surface area contributed by atoms with Gasteiger partial charge in [-0.3, -0.25) is 4.79 Å². The lowest BCUT2D eigenvalue weighted by Gasteiger charge is -2.32. The molecule has 1 aliphatic rings. The molecule has 0 heterocycles. The second-order valence-corrected chi connectivity index (χ2v) is 5.93. The van der Waals surface area contributed by atoms with Crippen LogP contribution >= 0.6 is 0 Å². The van der Waals surface area contributed by atoms with Gasteiger partial charge in [0.15, 0.2) is 0 Å². The zero-order chi connectivity index (χ0) is 14.8. The van der Waals surface area contributed by atoms with Crippen molar-refractivity contribution in [3.63, 3.8) is 0 Å². The summed E-state index contributed by atoms with van der Waals surface area (Å²) in [5.74, 6) is 0.604. The molecule has 0 N–H and O–H groups in total. The smallest absolute Gasteiger partial charge is 0.143 e. The van der Waals surface area contributed by atoms with Gasteiger partial charge in [0.05, 0.1) is 5.41 Å². The van der Waals surface area contributed by atoms with Gasteiger partial charge in [0, 0.05) is 18.8 Å². The minimum atomic E-state index is -0.517. The first-order valence-corrected chi connectivity index (χ1v) is 7.22. The highest BCUT2D eigenvalue weighted by Gasteiger charge is 2.47. The minimum Gasteiger partial charge on any atom is -0.300 e. The summed E-state index contributed by atoms with van der Waals surface area (Å²) in [6, 6.07) is 10.2. The van der Waals surface area contributed by atoms with Gasteiger partial charge in [-0.1, -0.05) is 42.5 Å². The first-order chi connectivity index (χ1) is 9.46. The number of carbonyl (C=O) groups is 2. The van der Waals surface area contributed by atoms with E-state index in [4.69, 9.17) is 0 Å². The summed E-state index contributed by atoms with van der Waals surface area (Å²) in [7, 11) is 0. The van der Waals surface area contributed by atoms with Gasteiger partial charge in [-0.05, 0) is 32.3 Å². The van der Waals surface area contributed by atoms with Crippen molar-refractivity contribution in [3.8, 4) is 0 Å². The van der Waals surface area contributed by atoms with Crippen LogP contribution < -0.4 is 0 Å². The summed E-state index contributed by atoms with van der Waals surface area (Å²) < 4.78 is 0. The Hall–Kier alpha value is -1.70. The number of ketones is 2. The number of Topliss-reactive ketones (excluding diaryl/α,β-unsaturated/α-hetero) is 2. The van der Waals surface area contributed by atoms with E-state index in [1.54, 1.807) is 6.92 Å². The predicted molar refractivity (Wildman–Crippen MR) is 80.6 cm³/mol. The van der Waals surface area contributed by atoms with Crippen molar-refractivity contribution in [3.05, 3.63) is 48.0 Å². The minimum absolute atomic E-state index is 0.149. The van der Waals surface area contributed by atoms with Crippen LogP contribution in [0.15, 0.2) is 42.5 Å². The van der Waals surface area contributed by atoms with Crippen molar-refractivity contribution in [1.29, 1.82) is 0 Å². The molecule has 20 heavy (non-hydrogen) atoms. The summed E-state index contributed by atoms with van der Waals surface area (Å²) in [6.07, 6.45) is 2.57. The molecule has 0 aliphatic heterocycles. The first kappa shape index (κ1) is 14.7. The predicted octanol–water partition coefficient (Wildman–Crippen LogP) is 4.06. The van der Waals surface area contributed by atoms with E-state index in [1.165, 1.54) is 5.56 Å². The van der Waals surface area contributed by atoms with E-state index in [2.05, 4.69) is 18.7 Å². The average Bonchev–Trinajstić information content (AvgIpc) is 2.74. The quantitative estimate of drug-likeness (QED) is 0.756. The van der Waals surface area contributed by atoms with Crippen LogP contribution in [-0.4, -0.2) is 11.6 Å². The molecular formula is C18H22O2. The lowest BCUT2D eigenvalue weighted by atomic mass is 9.69. The maximum absolute atomic E-state index is 12.4. The van der Waals surface area contributed by atoms with Crippen molar-refractivity contribution in [2.24, 2.45) is 5.41 Å². The van der Waals surface area contributed by atoms with Gasteiger partial charge in [-0.15, -0.1) is 0 Å². The summed E-state index contributed by atoms with van der Waals surface area (Å²) in [5, 5.41) is 0. The van der Waals surface area contributed by atoms with E-state index in [0.29, 0.717) is 19.3 Å². The number of hydrogen-bond acceptors (Lipinski definition) is 2. The normalized spacial score (nSPS) is 25.7. The lowest BCUT2D eigenvalue weighted by Crippen LogP contribution is -2.30. The lowest BCUT2D eigenvalue weighted by molar-refractivity contribution is -0.124. The molecule has 2 atom stereocenters. The molecule has 1 aromatic carbocycles. The fraction of sp³-hybridized carbons (Fsp3) is 0.444. The molecule has 1 aromatic rings. The molecule has 0 radical (unpaired) electrons. The summed E-state index contributed by atoms with van der Waals surface area (Å²) >= 11 is 0. The Bertz CT molecular complexity index is 530. The molecule has 0 aromatic heterocycles. The van der Waals surface area contributed by atoms with Crippen LogP contribution in [0.1, 0.15) is 51.0 Å². The van der Waals surface area contributed by atoms with E-state index in [1.807, 2.05) is 25.1 Å². The second kappa shape index (κ2) is 5.74. The van der Waals surface area contributed by atoms with Crippen LogP contribution in [0.5, 0.6) is 0 Å². The molecule has 2 nitrogen and oxygen atoms in total. The zero-order valence-electron chi connectivity index (χ0n) is 12.3. The van der Waals surface area contributed by atoms with Crippen LogP contribution in [0.2, 0.25) is 0 Å². The average molecular weight is 270 g/mol. The Morgan fingerprint density at radius 1 is 1.30 bits per heavy atom. The number of carbonyl (C=O) groups excluding carboxylic acids is 2. The molecule has 1 aliphatic carbocycles. The maximum Gasteiger partial charge on any atom is 0.143 e. The Labute approximate surface area is 120 Å². The molecule has 0 spiro atoms. The second-order valence-electron chi connectivity index (χ2n) is 5.93. The van der Waals surface area contributed by atoms with Gasteiger partial charge >= 0.3 is 0 Å². The number of allylic oxidation sites excluding steroid dienone is 1. The Morgan fingerprint density at radius 3 is 2.55 bits per heavy atom. The highest BCUT2D eigenvalue weighted by molar-refractivity contribution is 5.91. The van der Waals surface area contributed by atoms with Gasteiger partial charge in [-0.25, -0.2) is 0 Å². The summed E-state index contributed by atoms with van der Waals surface area (Å²) in [5.41, 5.74) is 1.59. The molecule has 1 saturated carbocycles. The van der Waals surface area contributed by atoms with E-state index in [0.717, 1.165) is 12.0 Å². The van der Waals surface area contributed by atoms with Crippen molar-refractivity contribution in [1.82, 2.24) is 0 Å². The van der Waals surface area contributed by atoms with E-state index in [-0.39, 0.29) is 17.5 Å². The van der Waals surface area contributed by atoms with E-state index in [9.17, 15) is 9.59 Å². The summed E-state index contributed by atoms with van der Waals surface area (Å²) in [6.45, 7) is 7.72. The highest BCUT2D eigenvalue weighted by atomic mass is 16.1. The maximum atomic E-state index is 12.4. The molecule has 0 bridgehead atoms. The third-order valence-electron chi connectivity index (χ3n) is 4.65. The van der Waals surface area contributed by atoms with Gasteiger partial charge in [0.1, 0.15) is 11.6 Å². The van der Waals surface area contributed by atoms with Crippen molar-refractivity contribution in [2.75, 3.05) is 0 Å². The summed E-state index contributed by atoms with van der Waals surface area (Å²) in [4.78, 5) is 23.6.